The molecule has 10 unspecified atom stereocenters. The summed E-state index contributed by atoms with van der Waals surface area (Å²) in [6.45, 7) is 7.47. The minimum atomic E-state index is -1.82. The quantitative estimate of drug-likeness (QED) is 0.0674. The van der Waals surface area contributed by atoms with E-state index in [1.54, 1.807) is 6.08 Å². The SMILES string of the molecule is COC(C(=O)NC1CCC(OC(=O)C(OC)C(O)C(O)C(O)CCC(C)C)CNC1=O)C(O)C(O)C(O)C=CC(C)C. The van der Waals surface area contributed by atoms with Crippen molar-refractivity contribution in [3.63, 3.8) is 0 Å². The highest BCUT2D eigenvalue weighted by atomic mass is 16.6. The van der Waals surface area contributed by atoms with E-state index in [4.69, 9.17) is 14.2 Å². The summed E-state index contributed by atoms with van der Waals surface area (Å²) >= 11 is 0. The molecule has 0 aliphatic carbocycles. The molecule has 2 amide bonds. The summed E-state index contributed by atoms with van der Waals surface area (Å²) in [5, 5.41) is 66.9. The first-order valence-corrected chi connectivity index (χ1v) is 14.2. The molecule has 1 heterocycles. The van der Waals surface area contributed by atoms with Crippen LogP contribution in [0, 0.1) is 11.8 Å². The topological polar surface area (TPSA) is 224 Å². The lowest BCUT2D eigenvalue weighted by molar-refractivity contribution is -0.178. The molecule has 0 radical (unpaired) electrons. The highest BCUT2D eigenvalue weighted by molar-refractivity contribution is 5.90. The highest BCUT2D eigenvalue weighted by Crippen LogP contribution is 2.18. The molecule has 0 aromatic rings. The number of esters is 1. The average molecular weight is 607 g/mol. The zero-order valence-electron chi connectivity index (χ0n) is 25.3. The molecule has 0 saturated carbocycles. The van der Waals surface area contributed by atoms with Gasteiger partial charge >= 0.3 is 5.97 Å². The Kier molecular flexibility index (Phi) is 16.7. The Labute approximate surface area is 247 Å². The van der Waals surface area contributed by atoms with Gasteiger partial charge in [0.2, 0.25) is 5.91 Å². The summed E-state index contributed by atoms with van der Waals surface area (Å²) < 4.78 is 15.5. The molecule has 14 nitrogen and oxygen atoms in total. The molecule has 1 rings (SSSR count). The van der Waals surface area contributed by atoms with Gasteiger partial charge in [0.15, 0.2) is 12.2 Å². The van der Waals surface area contributed by atoms with Gasteiger partial charge in [-0.3, -0.25) is 9.59 Å². The van der Waals surface area contributed by atoms with E-state index in [1.807, 2.05) is 27.7 Å². The lowest BCUT2D eigenvalue weighted by atomic mass is 9.96. The summed E-state index contributed by atoms with van der Waals surface area (Å²) in [6, 6.07) is -1.10. The number of allylic oxidation sites excluding steroid dienone is 1. The molecule has 8 N–H and O–H groups in total. The fourth-order valence-corrected chi connectivity index (χ4v) is 4.34. The summed E-state index contributed by atoms with van der Waals surface area (Å²) in [4.78, 5) is 38.2. The predicted octanol–water partition coefficient (Wildman–Crippen LogP) is -1.86. The number of hydrogen-bond donors (Lipinski definition) is 8. The van der Waals surface area contributed by atoms with E-state index in [-0.39, 0.29) is 37.6 Å². The fourth-order valence-electron chi connectivity index (χ4n) is 4.34. The molecule has 1 aliphatic heterocycles. The van der Waals surface area contributed by atoms with Gasteiger partial charge < -0.3 is 55.5 Å². The van der Waals surface area contributed by atoms with E-state index < -0.39 is 78.8 Å². The summed E-state index contributed by atoms with van der Waals surface area (Å²) in [6.07, 6.45) is -10.0. The third kappa shape index (κ3) is 11.8. The standard InChI is InChI=1S/C28H50N2O12/c1-14(2)7-11-18(31)20(33)22(35)24(40-5)27(38)30-17-10-9-16(13-29-26(17)37)42-28(39)25(41-6)23(36)21(34)19(32)12-8-15(3)4/h7,11,14-25,31-36H,8-10,12-13H2,1-6H3,(H,29,37)(H,30,38). The number of aliphatic hydroxyl groups is 6. The molecule has 1 aliphatic rings. The van der Waals surface area contributed by atoms with Crippen molar-refractivity contribution in [1.82, 2.24) is 10.6 Å². The Bertz CT molecular complexity index is 870. The van der Waals surface area contributed by atoms with Crippen molar-refractivity contribution in [2.45, 2.75) is 114 Å². The molecule has 0 aromatic heterocycles. The van der Waals surface area contributed by atoms with Gasteiger partial charge in [0.05, 0.1) is 12.6 Å². The fraction of sp³-hybridized carbons (Fsp3) is 0.821. The average Bonchev–Trinajstić information content (AvgIpc) is 3.10. The number of nitrogens with one attached hydrogen (secondary N) is 2. The van der Waals surface area contributed by atoms with Gasteiger partial charge in [0.1, 0.15) is 42.7 Å². The van der Waals surface area contributed by atoms with Crippen molar-refractivity contribution in [3.05, 3.63) is 12.2 Å². The van der Waals surface area contributed by atoms with E-state index in [2.05, 4.69) is 10.6 Å². The lowest BCUT2D eigenvalue weighted by Crippen LogP contribution is -2.55. The van der Waals surface area contributed by atoms with E-state index >= 15 is 0 Å². The van der Waals surface area contributed by atoms with E-state index in [0.717, 1.165) is 14.2 Å². The smallest absolute Gasteiger partial charge is 0.338 e. The number of aliphatic hydroxyl groups excluding tert-OH is 6. The van der Waals surface area contributed by atoms with Crippen LogP contribution in [0.3, 0.4) is 0 Å². The second kappa shape index (κ2) is 18.5. The van der Waals surface area contributed by atoms with Crippen molar-refractivity contribution in [2.24, 2.45) is 11.8 Å². The van der Waals surface area contributed by atoms with Crippen molar-refractivity contribution in [1.29, 1.82) is 0 Å². The second-order valence-corrected chi connectivity index (χ2v) is 11.4. The number of methoxy groups -OCH3 is 2. The van der Waals surface area contributed by atoms with Gasteiger partial charge in [-0.15, -0.1) is 0 Å². The maximum atomic E-state index is 12.8. The number of rotatable bonds is 17. The van der Waals surface area contributed by atoms with Gasteiger partial charge in [-0.2, -0.15) is 0 Å². The molecule has 0 aromatic carbocycles. The molecular formula is C28H50N2O12. The Morgan fingerprint density at radius 1 is 0.881 bits per heavy atom. The van der Waals surface area contributed by atoms with Crippen LogP contribution in [0.15, 0.2) is 12.2 Å². The van der Waals surface area contributed by atoms with Crippen LogP contribution in [0.1, 0.15) is 53.4 Å². The third-order valence-corrected chi connectivity index (χ3v) is 6.99. The molecule has 1 saturated heterocycles. The number of carbonyl (C=O) groups excluding carboxylic acids is 3. The van der Waals surface area contributed by atoms with Gasteiger partial charge in [-0.05, 0) is 37.5 Å². The molecule has 42 heavy (non-hydrogen) atoms. The molecule has 10 atom stereocenters. The number of amides is 2. The molecular weight excluding hydrogens is 556 g/mol. The monoisotopic (exact) mass is 606 g/mol. The van der Waals surface area contributed by atoms with Gasteiger partial charge in [-0.1, -0.05) is 39.8 Å². The lowest BCUT2D eigenvalue weighted by Gasteiger charge is -2.29. The Morgan fingerprint density at radius 3 is 2.02 bits per heavy atom. The number of hydrogen-bond acceptors (Lipinski definition) is 12. The zero-order valence-corrected chi connectivity index (χ0v) is 25.3. The van der Waals surface area contributed by atoms with E-state index in [1.165, 1.54) is 6.08 Å². The molecule has 0 spiro atoms. The molecule has 0 bridgehead atoms. The minimum absolute atomic E-state index is 0.0150. The van der Waals surface area contributed by atoms with Gasteiger partial charge in [0, 0.05) is 14.2 Å². The molecule has 1 fully saturated rings. The number of carbonyl (C=O) groups is 3. The van der Waals surface area contributed by atoms with Crippen LogP contribution in [0.25, 0.3) is 0 Å². The Balaban J connectivity index is 2.78. The maximum Gasteiger partial charge on any atom is 0.338 e. The van der Waals surface area contributed by atoms with Crippen molar-refractivity contribution in [3.8, 4) is 0 Å². The van der Waals surface area contributed by atoms with Crippen LogP contribution < -0.4 is 10.6 Å². The normalized spacial score (nSPS) is 23.8. The van der Waals surface area contributed by atoms with Crippen LogP contribution in [-0.4, -0.2) is 130 Å². The highest BCUT2D eigenvalue weighted by Gasteiger charge is 2.40. The minimum Gasteiger partial charge on any atom is -0.458 e. The van der Waals surface area contributed by atoms with Gasteiger partial charge in [-0.25, -0.2) is 4.79 Å². The van der Waals surface area contributed by atoms with Crippen LogP contribution in [0.4, 0.5) is 0 Å². The van der Waals surface area contributed by atoms with E-state index in [9.17, 15) is 45.0 Å². The molecule has 14 heteroatoms. The maximum absolute atomic E-state index is 12.8. The first-order chi connectivity index (χ1) is 19.6. The van der Waals surface area contributed by atoms with Crippen molar-refractivity contribution >= 4 is 17.8 Å². The zero-order chi connectivity index (χ0) is 32.1. The van der Waals surface area contributed by atoms with Gasteiger partial charge in [0.25, 0.3) is 5.91 Å². The first-order valence-electron chi connectivity index (χ1n) is 14.2. The second-order valence-electron chi connectivity index (χ2n) is 11.4. The van der Waals surface area contributed by atoms with Crippen LogP contribution >= 0.6 is 0 Å². The largest absolute Gasteiger partial charge is 0.458 e. The van der Waals surface area contributed by atoms with Crippen LogP contribution in [-0.2, 0) is 28.6 Å². The van der Waals surface area contributed by atoms with Crippen LogP contribution in [0.2, 0.25) is 0 Å². The third-order valence-electron chi connectivity index (χ3n) is 6.99. The van der Waals surface area contributed by atoms with E-state index in [0.29, 0.717) is 6.42 Å². The van der Waals surface area contributed by atoms with Crippen molar-refractivity contribution in [2.75, 3.05) is 20.8 Å². The summed E-state index contributed by atoms with van der Waals surface area (Å²) in [7, 11) is 2.26. The Hall–Kier alpha value is -2.17. The summed E-state index contributed by atoms with van der Waals surface area (Å²) in [5.41, 5.74) is 0. The molecule has 244 valence electrons. The first kappa shape index (κ1) is 37.9. The predicted molar refractivity (Wildman–Crippen MR) is 150 cm³/mol. The van der Waals surface area contributed by atoms with Crippen LogP contribution in [0.5, 0.6) is 0 Å². The number of ether oxygens (including phenoxy) is 3. The van der Waals surface area contributed by atoms with Crippen molar-refractivity contribution < 1.29 is 59.2 Å². The Morgan fingerprint density at radius 2 is 1.48 bits per heavy atom. The summed E-state index contributed by atoms with van der Waals surface area (Å²) in [5.74, 6) is -2.19.